The van der Waals surface area contributed by atoms with E-state index in [4.69, 9.17) is 9.47 Å². The smallest absolute Gasteiger partial charge is 0.319 e. The van der Waals surface area contributed by atoms with Crippen LogP contribution in [0.15, 0.2) is 48.5 Å². The lowest BCUT2D eigenvalue weighted by atomic mass is 10.1. The van der Waals surface area contributed by atoms with Crippen LogP contribution >= 0.6 is 0 Å². The minimum Gasteiger partial charge on any atom is -0.497 e. The molecule has 3 rings (SSSR count). The van der Waals surface area contributed by atoms with Crippen LogP contribution in [-0.4, -0.2) is 39.4 Å². The Hall–Kier alpha value is -2.73. The molecule has 1 aliphatic heterocycles. The first kappa shape index (κ1) is 17.1. The van der Waals surface area contributed by atoms with Crippen LogP contribution in [0.5, 0.6) is 5.75 Å². The minimum absolute atomic E-state index is 0.230. The van der Waals surface area contributed by atoms with Gasteiger partial charge in [-0.05, 0) is 42.0 Å². The van der Waals surface area contributed by atoms with Crippen LogP contribution in [0.3, 0.4) is 0 Å². The number of hydrogen-bond acceptors (Lipinski definition) is 4. The number of amides is 2. The lowest BCUT2D eigenvalue weighted by molar-refractivity contribution is 0.0788. The van der Waals surface area contributed by atoms with Gasteiger partial charge in [0.1, 0.15) is 5.75 Å². The van der Waals surface area contributed by atoms with Crippen molar-refractivity contribution in [3.8, 4) is 5.75 Å². The average Bonchev–Trinajstić information content (AvgIpc) is 2.61. The predicted octanol–water partition coefficient (Wildman–Crippen LogP) is 2.85. The molecule has 0 aliphatic carbocycles. The summed E-state index contributed by atoms with van der Waals surface area (Å²) in [6.45, 7) is 2.28. The lowest BCUT2D eigenvalue weighted by Crippen LogP contribution is -2.51. The normalized spacial score (nSPS) is 13.9. The summed E-state index contributed by atoms with van der Waals surface area (Å²) >= 11 is 0. The van der Waals surface area contributed by atoms with E-state index in [9.17, 15) is 4.79 Å². The summed E-state index contributed by atoms with van der Waals surface area (Å²) in [5.41, 5.74) is 2.91. The molecule has 0 atom stereocenters. The van der Waals surface area contributed by atoms with Crippen molar-refractivity contribution < 1.29 is 14.3 Å². The number of carbonyl (C=O) groups is 1. The zero-order valence-corrected chi connectivity index (χ0v) is 14.5. The molecule has 132 valence electrons. The summed E-state index contributed by atoms with van der Waals surface area (Å²) in [5, 5.41) is 5.68. The topological polar surface area (TPSA) is 62.8 Å². The molecular formula is C19H23N3O3. The third-order valence-corrected chi connectivity index (χ3v) is 4.28. The summed E-state index contributed by atoms with van der Waals surface area (Å²) in [6, 6.07) is 15.2. The van der Waals surface area contributed by atoms with Crippen LogP contribution in [0.2, 0.25) is 0 Å². The molecule has 2 amide bonds. The van der Waals surface area contributed by atoms with Gasteiger partial charge in [0.2, 0.25) is 0 Å². The largest absolute Gasteiger partial charge is 0.497 e. The highest BCUT2D eigenvalue weighted by molar-refractivity contribution is 5.89. The first-order valence-electron chi connectivity index (χ1n) is 8.23. The fourth-order valence-electron chi connectivity index (χ4n) is 2.65. The third-order valence-electron chi connectivity index (χ3n) is 4.28. The van der Waals surface area contributed by atoms with E-state index >= 15 is 0 Å². The van der Waals surface area contributed by atoms with Crippen molar-refractivity contribution in [2.45, 2.75) is 12.6 Å². The van der Waals surface area contributed by atoms with Gasteiger partial charge in [-0.15, -0.1) is 0 Å². The standard InChI is InChI=1S/C19H23N3O3/c1-24-17-9-3-14(4-10-17)11-20-19(23)21-15-5-7-16(8-6-15)22-12-18(13-22)25-2/h3-10,18H,11-13H2,1-2H3,(H2,20,21,23). The fourth-order valence-corrected chi connectivity index (χ4v) is 2.65. The highest BCUT2D eigenvalue weighted by Crippen LogP contribution is 2.23. The molecule has 6 nitrogen and oxygen atoms in total. The molecule has 1 heterocycles. The van der Waals surface area contributed by atoms with Gasteiger partial charge < -0.3 is 25.0 Å². The molecular weight excluding hydrogens is 318 g/mol. The molecule has 0 bridgehead atoms. The molecule has 2 N–H and O–H groups in total. The summed E-state index contributed by atoms with van der Waals surface area (Å²) < 4.78 is 10.4. The Morgan fingerprint density at radius 1 is 1.08 bits per heavy atom. The van der Waals surface area contributed by atoms with Crippen LogP contribution in [0.25, 0.3) is 0 Å². The third kappa shape index (κ3) is 4.42. The summed E-state index contributed by atoms with van der Waals surface area (Å²) in [7, 11) is 3.36. The number of nitrogens with one attached hydrogen (secondary N) is 2. The molecule has 0 spiro atoms. The Bertz CT molecular complexity index is 695. The SMILES string of the molecule is COc1ccc(CNC(=O)Nc2ccc(N3CC(OC)C3)cc2)cc1. The van der Waals surface area contributed by atoms with E-state index in [0.29, 0.717) is 12.6 Å². The van der Waals surface area contributed by atoms with Gasteiger partial charge in [-0.3, -0.25) is 0 Å². The second-order valence-electron chi connectivity index (χ2n) is 5.97. The van der Waals surface area contributed by atoms with Crippen molar-refractivity contribution in [2.24, 2.45) is 0 Å². The average molecular weight is 341 g/mol. The maximum absolute atomic E-state index is 12.0. The van der Waals surface area contributed by atoms with Crippen molar-refractivity contribution in [2.75, 3.05) is 37.5 Å². The molecule has 2 aromatic carbocycles. The highest BCUT2D eigenvalue weighted by Gasteiger charge is 2.26. The van der Waals surface area contributed by atoms with Gasteiger partial charge in [-0.25, -0.2) is 4.79 Å². The Morgan fingerprint density at radius 3 is 2.36 bits per heavy atom. The molecule has 25 heavy (non-hydrogen) atoms. The maximum atomic E-state index is 12.0. The number of urea groups is 1. The van der Waals surface area contributed by atoms with E-state index in [-0.39, 0.29) is 6.03 Å². The first-order valence-corrected chi connectivity index (χ1v) is 8.23. The fraction of sp³-hybridized carbons (Fsp3) is 0.316. The second-order valence-corrected chi connectivity index (χ2v) is 5.97. The molecule has 0 aromatic heterocycles. The quantitative estimate of drug-likeness (QED) is 0.848. The number of nitrogens with zero attached hydrogens (tertiary/aromatic N) is 1. The van der Waals surface area contributed by atoms with E-state index in [2.05, 4.69) is 15.5 Å². The first-order chi connectivity index (χ1) is 12.2. The van der Waals surface area contributed by atoms with Crippen LogP contribution in [0.1, 0.15) is 5.56 Å². The van der Waals surface area contributed by atoms with Gasteiger partial charge >= 0.3 is 6.03 Å². The van der Waals surface area contributed by atoms with Crippen LogP contribution in [0, 0.1) is 0 Å². The van der Waals surface area contributed by atoms with Crippen LogP contribution in [0.4, 0.5) is 16.2 Å². The van der Waals surface area contributed by atoms with Gasteiger partial charge in [0.15, 0.2) is 0 Å². The van der Waals surface area contributed by atoms with E-state index in [1.54, 1.807) is 14.2 Å². The van der Waals surface area contributed by atoms with Crippen molar-refractivity contribution in [3.05, 3.63) is 54.1 Å². The summed E-state index contributed by atoms with van der Waals surface area (Å²) in [4.78, 5) is 14.2. The van der Waals surface area contributed by atoms with Crippen molar-refractivity contribution in [1.29, 1.82) is 0 Å². The number of methoxy groups -OCH3 is 2. The van der Waals surface area contributed by atoms with Crippen molar-refractivity contribution in [3.63, 3.8) is 0 Å². The number of carbonyl (C=O) groups excluding carboxylic acids is 1. The minimum atomic E-state index is -0.230. The van der Waals surface area contributed by atoms with Gasteiger partial charge in [0.05, 0.1) is 13.2 Å². The number of hydrogen-bond donors (Lipinski definition) is 2. The highest BCUT2D eigenvalue weighted by atomic mass is 16.5. The molecule has 1 aliphatic rings. The lowest BCUT2D eigenvalue weighted by Gasteiger charge is -2.40. The second kappa shape index (κ2) is 7.90. The van der Waals surface area contributed by atoms with Gasteiger partial charge in [-0.1, -0.05) is 12.1 Å². The summed E-state index contributed by atoms with van der Waals surface area (Å²) in [6.07, 6.45) is 0.321. The molecule has 2 aromatic rings. The van der Waals surface area contributed by atoms with Gasteiger partial charge in [0, 0.05) is 38.1 Å². The maximum Gasteiger partial charge on any atom is 0.319 e. The molecule has 0 radical (unpaired) electrons. The molecule has 1 fully saturated rings. The Balaban J connectivity index is 1.46. The molecule has 1 saturated heterocycles. The van der Waals surface area contributed by atoms with Crippen molar-refractivity contribution >= 4 is 17.4 Å². The summed E-state index contributed by atoms with van der Waals surface area (Å²) in [5.74, 6) is 0.798. The number of ether oxygens (including phenoxy) is 2. The van der Waals surface area contributed by atoms with Gasteiger partial charge in [-0.2, -0.15) is 0 Å². The number of benzene rings is 2. The Labute approximate surface area is 147 Å². The number of anilines is 2. The van der Waals surface area contributed by atoms with E-state index in [1.165, 1.54) is 0 Å². The van der Waals surface area contributed by atoms with E-state index < -0.39 is 0 Å². The number of rotatable bonds is 6. The van der Waals surface area contributed by atoms with Gasteiger partial charge in [0.25, 0.3) is 0 Å². The van der Waals surface area contributed by atoms with Crippen molar-refractivity contribution in [1.82, 2.24) is 5.32 Å². The van der Waals surface area contributed by atoms with Crippen LogP contribution in [-0.2, 0) is 11.3 Å². The predicted molar refractivity (Wildman–Crippen MR) is 98.3 cm³/mol. The Kier molecular flexibility index (Phi) is 5.40. The molecule has 0 saturated carbocycles. The van der Waals surface area contributed by atoms with E-state index in [0.717, 1.165) is 35.8 Å². The van der Waals surface area contributed by atoms with E-state index in [1.807, 2.05) is 48.5 Å². The molecule has 0 unspecified atom stereocenters. The zero-order valence-electron chi connectivity index (χ0n) is 14.5. The zero-order chi connectivity index (χ0) is 17.6. The van der Waals surface area contributed by atoms with Crippen LogP contribution < -0.4 is 20.3 Å². The Morgan fingerprint density at radius 2 is 1.76 bits per heavy atom. The monoisotopic (exact) mass is 341 g/mol. The molecule has 6 heteroatoms.